The van der Waals surface area contributed by atoms with Crippen molar-refractivity contribution in [2.24, 2.45) is 14.1 Å². The molecule has 160 valence electrons. The molecular formula is C21H20N4O6. The first-order valence-corrected chi connectivity index (χ1v) is 9.48. The van der Waals surface area contributed by atoms with Crippen LogP contribution in [0.3, 0.4) is 0 Å². The van der Waals surface area contributed by atoms with Crippen molar-refractivity contribution in [3.05, 3.63) is 72.5 Å². The van der Waals surface area contributed by atoms with E-state index in [9.17, 15) is 19.2 Å². The molecule has 10 heteroatoms. The van der Waals surface area contributed by atoms with Crippen molar-refractivity contribution in [2.45, 2.75) is 27.0 Å². The van der Waals surface area contributed by atoms with E-state index < -0.39 is 22.8 Å². The van der Waals surface area contributed by atoms with Crippen molar-refractivity contribution in [3.63, 3.8) is 0 Å². The summed E-state index contributed by atoms with van der Waals surface area (Å²) in [6.07, 6.45) is 1.31. The van der Waals surface area contributed by atoms with Gasteiger partial charge in [0.15, 0.2) is 11.2 Å². The van der Waals surface area contributed by atoms with Gasteiger partial charge in [-0.1, -0.05) is 12.1 Å². The molecule has 0 aliphatic heterocycles. The maximum Gasteiger partial charge on any atom is 0.336 e. The van der Waals surface area contributed by atoms with E-state index >= 15 is 0 Å². The van der Waals surface area contributed by atoms with Gasteiger partial charge in [-0.2, -0.15) is 0 Å². The Kier molecular flexibility index (Phi) is 4.84. The molecule has 0 N–H and O–H groups in total. The van der Waals surface area contributed by atoms with E-state index in [1.165, 1.54) is 35.6 Å². The van der Waals surface area contributed by atoms with E-state index in [4.69, 9.17) is 9.15 Å². The Morgan fingerprint density at radius 1 is 1.13 bits per heavy atom. The predicted octanol–water partition coefficient (Wildman–Crippen LogP) is 0.900. The number of imidazole rings is 1. The zero-order valence-corrected chi connectivity index (χ0v) is 17.5. The zero-order valence-electron chi connectivity index (χ0n) is 17.5. The number of aromatic nitrogens is 4. The first-order valence-electron chi connectivity index (χ1n) is 9.48. The quantitative estimate of drug-likeness (QED) is 0.353. The van der Waals surface area contributed by atoms with Crippen LogP contribution in [0.4, 0.5) is 0 Å². The number of fused-ring (bicyclic) bond motifs is 2. The average Bonchev–Trinajstić information content (AvgIpc) is 3.15. The molecule has 0 amide bonds. The van der Waals surface area contributed by atoms with Crippen LogP contribution in [-0.2, 0) is 36.8 Å². The molecule has 31 heavy (non-hydrogen) atoms. The molecule has 0 spiro atoms. The number of nitrogens with zero attached hydrogens (tertiary/aromatic N) is 4. The number of aryl methyl sites for hydroxylation is 3. The fourth-order valence-electron chi connectivity index (χ4n) is 3.50. The SMILES string of the molecule is Cc1ccc2c(COC(=O)Cn3cnc4c3c(=O)n(C)c(=O)n4C)cc(=O)oc2c1C. The van der Waals surface area contributed by atoms with Crippen molar-refractivity contribution in [1.29, 1.82) is 0 Å². The van der Waals surface area contributed by atoms with E-state index in [1.807, 2.05) is 26.0 Å². The molecule has 0 bridgehead atoms. The highest BCUT2D eigenvalue weighted by Crippen LogP contribution is 2.23. The summed E-state index contributed by atoms with van der Waals surface area (Å²) in [6.45, 7) is 3.36. The van der Waals surface area contributed by atoms with Gasteiger partial charge < -0.3 is 13.7 Å². The van der Waals surface area contributed by atoms with E-state index in [1.54, 1.807) is 0 Å². The number of benzene rings is 1. The minimum absolute atomic E-state index is 0.124. The standard InChI is InChI=1S/C21H20N4O6/c1-11-5-6-14-13(7-15(26)31-18(14)12(11)2)9-30-16(27)8-25-10-22-19-17(25)20(28)24(4)21(29)23(19)3/h5-7,10H,8-9H2,1-4H3. The van der Waals surface area contributed by atoms with Gasteiger partial charge in [-0.3, -0.25) is 18.7 Å². The third kappa shape index (κ3) is 3.35. The van der Waals surface area contributed by atoms with Gasteiger partial charge in [0, 0.05) is 31.1 Å². The van der Waals surface area contributed by atoms with Crippen LogP contribution in [0.5, 0.6) is 0 Å². The molecule has 0 aliphatic carbocycles. The fourth-order valence-corrected chi connectivity index (χ4v) is 3.50. The summed E-state index contributed by atoms with van der Waals surface area (Å²) in [5, 5.41) is 0.687. The van der Waals surface area contributed by atoms with Gasteiger partial charge in [-0.15, -0.1) is 0 Å². The molecule has 4 rings (SSSR count). The topological polar surface area (TPSA) is 118 Å². The van der Waals surface area contributed by atoms with Gasteiger partial charge in [-0.25, -0.2) is 14.6 Å². The lowest BCUT2D eigenvalue weighted by atomic mass is 10.0. The first-order chi connectivity index (χ1) is 14.7. The number of hydrogen-bond donors (Lipinski definition) is 0. The highest BCUT2D eigenvalue weighted by Gasteiger charge is 2.17. The van der Waals surface area contributed by atoms with Gasteiger partial charge in [0.2, 0.25) is 0 Å². The first kappa shape index (κ1) is 20.3. The van der Waals surface area contributed by atoms with Crippen LogP contribution in [0.25, 0.3) is 22.1 Å². The molecule has 0 saturated carbocycles. The fraction of sp³-hybridized carbons (Fsp3) is 0.286. The molecule has 0 fully saturated rings. The molecule has 3 heterocycles. The van der Waals surface area contributed by atoms with E-state index in [2.05, 4.69) is 4.98 Å². The summed E-state index contributed by atoms with van der Waals surface area (Å²) in [4.78, 5) is 53.0. The number of esters is 1. The monoisotopic (exact) mass is 424 g/mol. The molecule has 4 aromatic rings. The second-order valence-electron chi connectivity index (χ2n) is 7.39. The maximum absolute atomic E-state index is 12.5. The lowest BCUT2D eigenvalue weighted by Crippen LogP contribution is -2.37. The van der Waals surface area contributed by atoms with Crippen LogP contribution in [0.15, 0.2) is 43.3 Å². The zero-order chi connectivity index (χ0) is 22.4. The average molecular weight is 424 g/mol. The van der Waals surface area contributed by atoms with Crippen molar-refractivity contribution in [3.8, 4) is 0 Å². The Bertz CT molecular complexity index is 1540. The highest BCUT2D eigenvalue weighted by molar-refractivity contribution is 5.84. The second-order valence-corrected chi connectivity index (χ2v) is 7.39. The van der Waals surface area contributed by atoms with Crippen molar-refractivity contribution in [2.75, 3.05) is 0 Å². The van der Waals surface area contributed by atoms with Crippen molar-refractivity contribution in [1.82, 2.24) is 18.7 Å². The lowest BCUT2D eigenvalue weighted by Gasteiger charge is -2.10. The number of rotatable bonds is 4. The molecule has 0 aliphatic rings. The number of carbonyl (C=O) groups excluding carboxylic acids is 1. The molecule has 10 nitrogen and oxygen atoms in total. The third-order valence-corrected chi connectivity index (χ3v) is 5.42. The number of hydrogen-bond acceptors (Lipinski definition) is 7. The Morgan fingerprint density at radius 3 is 2.61 bits per heavy atom. The summed E-state index contributed by atoms with van der Waals surface area (Å²) >= 11 is 0. The largest absolute Gasteiger partial charge is 0.459 e. The van der Waals surface area contributed by atoms with Gasteiger partial charge in [-0.05, 0) is 25.0 Å². The van der Waals surface area contributed by atoms with Crippen LogP contribution < -0.4 is 16.9 Å². The van der Waals surface area contributed by atoms with Gasteiger partial charge in [0.25, 0.3) is 5.56 Å². The summed E-state index contributed by atoms with van der Waals surface area (Å²) < 4.78 is 14.2. The van der Waals surface area contributed by atoms with Crippen molar-refractivity contribution < 1.29 is 13.9 Å². The molecule has 0 unspecified atom stereocenters. The molecule has 0 saturated heterocycles. The normalized spacial score (nSPS) is 11.4. The number of carbonyl (C=O) groups is 1. The molecule has 1 aromatic carbocycles. The van der Waals surface area contributed by atoms with E-state index in [-0.39, 0.29) is 24.3 Å². The van der Waals surface area contributed by atoms with Crippen LogP contribution in [0.1, 0.15) is 16.7 Å². The highest BCUT2D eigenvalue weighted by atomic mass is 16.5. The molecular weight excluding hydrogens is 404 g/mol. The van der Waals surface area contributed by atoms with E-state index in [0.29, 0.717) is 16.5 Å². The molecule has 0 radical (unpaired) electrons. The van der Waals surface area contributed by atoms with Crippen LogP contribution in [0, 0.1) is 13.8 Å². The smallest absolute Gasteiger partial charge is 0.336 e. The predicted molar refractivity (Wildman–Crippen MR) is 112 cm³/mol. The number of ether oxygens (including phenoxy) is 1. The van der Waals surface area contributed by atoms with Crippen molar-refractivity contribution >= 4 is 28.1 Å². The van der Waals surface area contributed by atoms with Crippen LogP contribution in [0.2, 0.25) is 0 Å². The van der Waals surface area contributed by atoms with Gasteiger partial charge in [0.05, 0.1) is 6.33 Å². The minimum Gasteiger partial charge on any atom is -0.459 e. The van der Waals surface area contributed by atoms with E-state index in [0.717, 1.165) is 15.7 Å². The summed E-state index contributed by atoms with van der Waals surface area (Å²) in [7, 11) is 2.85. The maximum atomic E-state index is 12.5. The summed E-state index contributed by atoms with van der Waals surface area (Å²) in [6, 6.07) is 5.01. The Hall–Kier alpha value is -3.95. The van der Waals surface area contributed by atoms with Crippen LogP contribution in [-0.4, -0.2) is 24.7 Å². The molecule has 3 aromatic heterocycles. The van der Waals surface area contributed by atoms with Crippen LogP contribution >= 0.6 is 0 Å². The minimum atomic E-state index is -0.625. The Labute approximate surface area is 174 Å². The lowest BCUT2D eigenvalue weighted by molar-refractivity contribution is -0.145. The molecule has 0 atom stereocenters. The Balaban J connectivity index is 1.62. The second kappa shape index (κ2) is 7.38. The van der Waals surface area contributed by atoms with Gasteiger partial charge in [0.1, 0.15) is 18.7 Å². The van der Waals surface area contributed by atoms with Gasteiger partial charge >= 0.3 is 17.3 Å². The summed E-state index contributed by atoms with van der Waals surface area (Å²) in [5.74, 6) is -0.625. The Morgan fingerprint density at radius 2 is 1.87 bits per heavy atom. The third-order valence-electron chi connectivity index (χ3n) is 5.42. The summed E-state index contributed by atoms with van der Waals surface area (Å²) in [5.41, 5.74) is 1.52.